The van der Waals surface area contributed by atoms with Gasteiger partial charge in [-0.25, -0.2) is 9.78 Å². The lowest BCUT2D eigenvalue weighted by molar-refractivity contribution is 0.0693. The number of hydrogen-bond acceptors (Lipinski definition) is 3. The molecule has 4 heteroatoms. The highest BCUT2D eigenvalue weighted by molar-refractivity contribution is 5.95. The summed E-state index contributed by atoms with van der Waals surface area (Å²) in [5.74, 6) is 0.769. The molecule has 0 unspecified atom stereocenters. The molecule has 5 rings (SSSR count). The predicted octanol–water partition coefficient (Wildman–Crippen LogP) is 6.44. The van der Waals surface area contributed by atoms with Crippen LogP contribution in [-0.4, -0.2) is 15.5 Å². The zero-order valence-corrected chi connectivity index (χ0v) is 18.0. The van der Waals surface area contributed by atoms with Gasteiger partial charge in [-0.3, -0.25) is 0 Å². The fourth-order valence-electron chi connectivity index (χ4n) is 3.76. The molecular weight excluding hydrogens is 408 g/mol. The average molecular weight is 431 g/mol. The lowest BCUT2D eigenvalue weighted by Gasteiger charge is -2.11. The Morgan fingerprint density at radius 3 is 2.00 bits per heavy atom. The predicted molar refractivity (Wildman–Crippen MR) is 131 cm³/mol. The third-order valence-corrected chi connectivity index (χ3v) is 5.40. The number of benzene rings is 4. The van der Waals surface area contributed by atoms with Gasteiger partial charge >= 0.3 is 5.97 Å². The summed E-state index contributed by atoms with van der Waals surface area (Å²) in [4.78, 5) is 17.7. The molecule has 0 amide bonds. The maximum absolute atomic E-state index is 12.9. The van der Waals surface area contributed by atoms with E-state index < -0.39 is 5.97 Å². The summed E-state index contributed by atoms with van der Waals surface area (Å²) in [6.07, 6.45) is 1.85. The van der Waals surface area contributed by atoms with Crippen molar-refractivity contribution >= 4 is 28.8 Å². The fourth-order valence-corrected chi connectivity index (χ4v) is 3.76. The number of esters is 1. The van der Waals surface area contributed by atoms with Gasteiger partial charge in [-0.2, -0.15) is 0 Å². The molecule has 1 heterocycles. The molecule has 1 aromatic heterocycles. The third kappa shape index (κ3) is 4.60. The maximum atomic E-state index is 12.9. The summed E-state index contributed by atoms with van der Waals surface area (Å²) in [5.41, 5.74) is 4.38. The fraction of sp³-hybridized carbons (Fsp3) is 0.0345. The van der Waals surface area contributed by atoms with E-state index in [1.165, 1.54) is 0 Å². The Balaban J connectivity index is 1.61. The topological polar surface area (TPSA) is 44.1 Å². The van der Waals surface area contributed by atoms with E-state index >= 15 is 0 Å². The van der Waals surface area contributed by atoms with Crippen molar-refractivity contribution in [2.45, 2.75) is 6.54 Å². The summed E-state index contributed by atoms with van der Waals surface area (Å²) in [7, 11) is 0. The summed E-state index contributed by atoms with van der Waals surface area (Å²) in [6.45, 7) is 0.655. The van der Waals surface area contributed by atoms with Crippen LogP contribution >= 0.6 is 0 Å². The lowest BCUT2D eigenvalue weighted by Crippen LogP contribution is -2.06. The Morgan fingerprint density at radius 1 is 0.727 bits per heavy atom. The number of nitrogens with zero attached hydrogens (tertiary/aromatic N) is 2. The monoisotopic (exact) mass is 430 g/mol. The zero-order valence-electron chi connectivity index (χ0n) is 18.0. The van der Waals surface area contributed by atoms with Crippen molar-refractivity contribution in [3.8, 4) is 0 Å². The summed E-state index contributed by atoms with van der Waals surface area (Å²) < 4.78 is 8.04. The molecule has 0 aliphatic rings. The molecule has 5 aromatic rings. The van der Waals surface area contributed by atoms with E-state index in [0.29, 0.717) is 17.9 Å². The van der Waals surface area contributed by atoms with Gasteiger partial charge in [-0.1, -0.05) is 91.0 Å². The number of ether oxygens (including phenoxy) is 1. The van der Waals surface area contributed by atoms with E-state index in [1.54, 1.807) is 12.1 Å². The standard InChI is InChI=1S/C29H22N2O2/c32-29(24-16-8-3-9-17-24)33-27(23-14-6-2-7-15-23)20-28-30-25-18-10-11-19-26(25)31(28)21-22-12-4-1-5-13-22/h1-20H,21H2. The van der Waals surface area contributed by atoms with E-state index in [1.807, 2.05) is 91.0 Å². The highest BCUT2D eigenvalue weighted by Gasteiger charge is 2.15. The van der Waals surface area contributed by atoms with Gasteiger partial charge in [-0.05, 0) is 29.8 Å². The largest absolute Gasteiger partial charge is 0.422 e. The van der Waals surface area contributed by atoms with Crippen molar-refractivity contribution in [3.63, 3.8) is 0 Å². The summed E-state index contributed by atoms with van der Waals surface area (Å²) in [6, 6.07) is 36.9. The molecule has 160 valence electrons. The van der Waals surface area contributed by atoms with Crippen LogP contribution in [0.2, 0.25) is 0 Å². The van der Waals surface area contributed by atoms with Crippen molar-refractivity contribution in [2.75, 3.05) is 0 Å². The van der Waals surface area contributed by atoms with Gasteiger partial charge < -0.3 is 9.30 Å². The Kier molecular flexibility index (Phi) is 5.81. The average Bonchev–Trinajstić information content (AvgIpc) is 3.22. The van der Waals surface area contributed by atoms with Crippen LogP contribution in [0.3, 0.4) is 0 Å². The normalized spacial score (nSPS) is 11.5. The lowest BCUT2D eigenvalue weighted by atomic mass is 10.1. The molecule has 0 radical (unpaired) electrons. The molecule has 0 atom stereocenters. The molecule has 0 saturated carbocycles. The highest BCUT2D eigenvalue weighted by atomic mass is 16.5. The van der Waals surface area contributed by atoms with Gasteiger partial charge in [0.25, 0.3) is 0 Å². The first kappa shape index (κ1) is 20.5. The van der Waals surface area contributed by atoms with E-state index in [9.17, 15) is 4.79 Å². The minimum atomic E-state index is -0.406. The molecule has 0 aliphatic carbocycles. The van der Waals surface area contributed by atoms with E-state index in [2.05, 4.69) is 22.8 Å². The minimum absolute atomic E-state index is 0.406. The molecule has 0 fully saturated rings. The van der Waals surface area contributed by atoms with Crippen molar-refractivity contribution < 1.29 is 9.53 Å². The second-order valence-corrected chi connectivity index (χ2v) is 7.66. The van der Waals surface area contributed by atoms with Gasteiger partial charge in [0.15, 0.2) is 0 Å². The van der Waals surface area contributed by atoms with Crippen molar-refractivity contribution in [1.82, 2.24) is 9.55 Å². The van der Waals surface area contributed by atoms with E-state index in [0.717, 1.165) is 28.0 Å². The first-order valence-electron chi connectivity index (χ1n) is 10.8. The van der Waals surface area contributed by atoms with Crippen LogP contribution in [-0.2, 0) is 11.3 Å². The first-order chi connectivity index (χ1) is 16.3. The maximum Gasteiger partial charge on any atom is 0.343 e. The number of rotatable bonds is 6. The van der Waals surface area contributed by atoms with Crippen LogP contribution in [0.1, 0.15) is 27.3 Å². The number of para-hydroxylation sites is 2. The summed E-state index contributed by atoms with van der Waals surface area (Å²) in [5, 5.41) is 0. The molecule has 4 aromatic carbocycles. The van der Waals surface area contributed by atoms with Gasteiger partial charge in [0.05, 0.1) is 16.6 Å². The van der Waals surface area contributed by atoms with Crippen molar-refractivity contribution in [1.29, 1.82) is 0 Å². The SMILES string of the molecule is O=C(OC(=Cc1nc2ccccc2n1Cc1ccccc1)c1ccccc1)c1ccccc1. The molecule has 0 bridgehead atoms. The molecule has 33 heavy (non-hydrogen) atoms. The Hall–Kier alpha value is -4.44. The molecule has 0 spiro atoms. The van der Waals surface area contributed by atoms with Crippen LogP contribution in [0.15, 0.2) is 115 Å². The number of aromatic nitrogens is 2. The second kappa shape index (κ2) is 9.37. The van der Waals surface area contributed by atoms with Gasteiger partial charge in [0.1, 0.15) is 11.6 Å². The number of hydrogen-bond donors (Lipinski definition) is 0. The smallest absolute Gasteiger partial charge is 0.343 e. The van der Waals surface area contributed by atoms with Crippen LogP contribution in [0.25, 0.3) is 22.9 Å². The first-order valence-corrected chi connectivity index (χ1v) is 10.8. The zero-order chi connectivity index (χ0) is 22.5. The van der Waals surface area contributed by atoms with E-state index in [-0.39, 0.29) is 0 Å². The Morgan fingerprint density at radius 2 is 1.30 bits per heavy atom. The van der Waals surface area contributed by atoms with Crippen LogP contribution < -0.4 is 0 Å². The van der Waals surface area contributed by atoms with Gasteiger partial charge in [0.2, 0.25) is 0 Å². The number of imidazole rings is 1. The number of carbonyl (C=O) groups excluding carboxylic acids is 1. The van der Waals surface area contributed by atoms with Crippen LogP contribution in [0.4, 0.5) is 0 Å². The van der Waals surface area contributed by atoms with Crippen molar-refractivity contribution in [3.05, 3.63) is 138 Å². The highest BCUT2D eigenvalue weighted by Crippen LogP contribution is 2.25. The second-order valence-electron chi connectivity index (χ2n) is 7.66. The Labute approximate surface area is 192 Å². The molecule has 4 nitrogen and oxygen atoms in total. The summed E-state index contributed by atoms with van der Waals surface area (Å²) >= 11 is 0. The number of carbonyl (C=O) groups is 1. The molecule has 0 N–H and O–H groups in total. The van der Waals surface area contributed by atoms with Gasteiger partial charge in [0, 0.05) is 18.2 Å². The molecule has 0 saturated heterocycles. The Bertz CT molecular complexity index is 1410. The van der Waals surface area contributed by atoms with Crippen LogP contribution in [0.5, 0.6) is 0 Å². The minimum Gasteiger partial charge on any atom is -0.422 e. The van der Waals surface area contributed by atoms with E-state index in [4.69, 9.17) is 9.72 Å². The number of fused-ring (bicyclic) bond motifs is 1. The van der Waals surface area contributed by atoms with Crippen LogP contribution in [0, 0.1) is 0 Å². The van der Waals surface area contributed by atoms with Gasteiger partial charge in [-0.15, -0.1) is 0 Å². The quantitative estimate of drug-likeness (QED) is 0.230. The molecule has 0 aliphatic heterocycles. The molecular formula is C29H22N2O2. The third-order valence-electron chi connectivity index (χ3n) is 5.40. The van der Waals surface area contributed by atoms with Crippen molar-refractivity contribution in [2.24, 2.45) is 0 Å².